The van der Waals surface area contributed by atoms with E-state index in [4.69, 9.17) is 9.15 Å². The van der Waals surface area contributed by atoms with Gasteiger partial charge < -0.3 is 14.1 Å². The molecule has 0 spiro atoms. The number of hydrogen-bond donors (Lipinski definition) is 1. The largest absolute Gasteiger partial charge is 0.489 e. The number of amides is 1. The van der Waals surface area contributed by atoms with Crippen molar-refractivity contribution >= 4 is 32.6 Å². The molecule has 2 aromatic carbocycles. The zero-order valence-corrected chi connectivity index (χ0v) is 17.0. The lowest BCUT2D eigenvalue weighted by Crippen LogP contribution is -2.36. The van der Waals surface area contributed by atoms with Crippen LogP contribution < -0.4 is 14.4 Å². The zero-order chi connectivity index (χ0) is 21.0. The Morgan fingerprint density at radius 1 is 1.23 bits per heavy atom. The maximum absolute atomic E-state index is 14.5. The number of para-hydroxylation sites is 1. The van der Waals surface area contributed by atoms with Crippen molar-refractivity contribution in [2.45, 2.75) is 30.8 Å². The molecule has 1 fully saturated rings. The van der Waals surface area contributed by atoms with Crippen LogP contribution in [0.5, 0.6) is 5.75 Å². The minimum absolute atomic E-state index is 0.111. The summed E-state index contributed by atoms with van der Waals surface area (Å²) in [4.78, 5) is 14.5. The summed E-state index contributed by atoms with van der Waals surface area (Å²) in [6.07, 6.45) is 1.48. The Morgan fingerprint density at radius 2 is 2.03 bits per heavy atom. The van der Waals surface area contributed by atoms with Crippen molar-refractivity contribution in [2.24, 2.45) is 0 Å². The molecule has 30 heavy (non-hydrogen) atoms. The van der Waals surface area contributed by atoms with Gasteiger partial charge in [-0.1, -0.05) is 12.1 Å². The second kappa shape index (κ2) is 6.73. The topological polar surface area (TPSA) is 88.9 Å². The molecule has 3 aromatic rings. The van der Waals surface area contributed by atoms with Gasteiger partial charge in [0.25, 0.3) is 10.0 Å². The number of carbonyl (C=O) groups is 1. The number of anilines is 1. The van der Waals surface area contributed by atoms with Gasteiger partial charge in [0.1, 0.15) is 28.1 Å². The van der Waals surface area contributed by atoms with Crippen LogP contribution in [0.3, 0.4) is 0 Å². The monoisotopic (exact) mass is 430 g/mol. The molecule has 0 bridgehead atoms. The van der Waals surface area contributed by atoms with E-state index in [1.165, 1.54) is 18.2 Å². The van der Waals surface area contributed by atoms with Gasteiger partial charge >= 0.3 is 5.91 Å². The van der Waals surface area contributed by atoms with Crippen molar-refractivity contribution in [3.63, 3.8) is 0 Å². The Bertz CT molecular complexity index is 1280. The maximum Gasteiger partial charge on any atom is 0.300 e. The van der Waals surface area contributed by atoms with Crippen LogP contribution in [-0.2, 0) is 16.4 Å². The fourth-order valence-corrected chi connectivity index (χ4v) is 4.93. The van der Waals surface area contributed by atoms with Crippen LogP contribution in [0.25, 0.3) is 11.0 Å². The fraction of sp³-hybridized carbons (Fsp3) is 0.286. The van der Waals surface area contributed by atoms with Crippen molar-refractivity contribution in [1.29, 1.82) is 0 Å². The summed E-state index contributed by atoms with van der Waals surface area (Å²) in [6.45, 7) is 3.50. The normalized spacial score (nSPS) is 18.1. The number of nitrogens with zero attached hydrogens (tertiary/aromatic N) is 1. The number of hydrogen-bond acceptors (Lipinski definition) is 6. The average Bonchev–Trinajstić information content (AvgIpc) is 3.22. The van der Waals surface area contributed by atoms with E-state index in [1.54, 1.807) is 18.2 Å². The highest BCUT2D eigenvalue weighted by molar-refractivity contribution is 7.90. The van der Waals surface area contributed by atoms with Gasteiger partial charge in [0, 0.05) is 37.3 Å². The SMILES string of the molecule is CC1Cc2cccc(S(=O)(=O)NC(=O)c3cc4c(F)cc(N5CCC5)cc4o3)c2O1. The standard InChI is InChI=1S/C21H19FN2O5S/c1-12-8-13-4-2-5-19(20(13)28-12)30(26,27)23-21(25)18-11-15-16(22)9-14(10-17(15)29-18)24-6-3-7-24/h2,4-5,9-12H,3,6-8H2,1H3,(H,23,25). The second-order valence-electron chi connectivity index (χ2n) is 7.60. The lowest BCUT2D eigenvalue weighted by atomic mass is 10.1. The Hall–Kier alpha value is -3.07. The zero-order valence-electron chi connectivity index (χ0n) is 16.1. The number of carbonyl (C=O) groups excluding carboxylic acids is 1. The summed E-state index contributed by atoms with van der Waals surface area (Å²) >= 11 is 0. The number of furan rings is 1. The van der Waals surface area contributed by atoms with Crippen molar-refractivity contribution in [1.82, 2.24) is 4.72 Å². The molecule has 156 valence electrons. The number of halogens is 1. The summed E-state index contributed by atoms with van der Waals surface area (Å²) in [5.41, 5.74) is 1.63. The predicted molar refractivity (Wildman–Crippen MR) is 108 cm³/mol. The molecule has 7 nitrogen and oxygen atoms in total. The number of rotatable bonds is 4. The van der Waals surface area contributed by atoms with Crippen LogP contribution in [-0.4, -0.2) is 33.5 Å². The second-order valence-corrected chi connectivity index (χ2v) is 9.25. The Kier molecular flexibility index (Phi) is 4.25. The molecule has 1 amide bonds. The minimum Gasteiger partial charge on any atom is -0.489 e. The molecule has 9 heteroatoms. The van der Waals surface area contributed by atoms with E-state index >= 15 is 0 Å². The van der Waals surface area contributed by atoms with Crippen LogP contribution in [0.4, 0.5) is 10.1 Å². The first kappa shape index (κ1) is 18.9. The van der Waals surface area contributed by atoms with Gasteiger partial charge in [0.05, 0.1) is 5.39 Å². The van der Waals surface area contributed by atoms with Gasteiger partial charge in [-0.05, 0) is 31.0 Å². The minimum atomic E-state index is -4.21. The van der Waals surface area contributed by atoms with E-state index in [0.717, 1.165) is 25.1 Å². The molecule has 0 radical (unpaired) electrons. The van der Waals surface area contributed by atoms with Crippen molar-refractivity contribution in [3.05, 3.63) is 53.5 Å². The molecular formula is C21H19FN2O5S. The molecule has 0 aliphatic carbocycles. The smallest absolute Gasteiger partial charge is 0.300 e. The molecule has 2 aliphatic rings. The number of ether oxygens (including phenoxy) is 1. The highest BCUT2D eigenvalue weighted by atomic mass is 32.2. The van der Waals surface area contributed by atoms with Crippen molar-refractivity contribution in [3.8, 4) is 5.75 Å². The molecule has 0 saturated carbocycles. The molecule has 3 heterocycles. The Labute approximate surface area is 172 Å². The van der Waals surface area contributed by atoms with Crippen LogP contribution in [0.1, 0.15) is 29.5 Å². The number of benzene rings is 2. The van der Waals surface area contributed by atoms with Gasteiger partial charge in [-0.2, -0.15) is 0 Å². The maximum atomic E-state index is 14.5. The van der Waals surface area contributed by atoms with Gasteiger partial charge in [-0.3, -0.25) is 4.79 Å². The molecule has 1 unspecified atom stereocenters. The van der Waals surface area contributed by atoms with E-state index in [9.17, 15) is 17.6 Å². The number of nitrogens with one attached hydrogen (secondary N) is 1. The van der Waals surface area contributed by atoms with Crippen molar-refractivity contribution in [2.75, 3.05) is 18.0 Å². The average molecular weight is 430 g/mol. The first-order valence-corrected chi connectivity index (χ1v) is 11.1. The molecule has 1 aromatic heterocycles. The lowest BCUT2D eigenvalue weighted by molar-refractivity contribution is 0.0956. The number of sulfonamides is 1. The van der Waals surface area contributed by atoms with Crippen LogP contribution in [0.15, 0.2) is 45.7 Å². The Balaban J connectivity index is 1.45. The van der Waals surface area contributed by atoms with Crippen LogP contribution >= 0.6 is 0 Å². The van der Waals surface area contributed by atoms with E-state index in [0.29, 0.717) is 12.1 Å². The van der Waals surface area contributed by atoms with Gasteiger partial charge in [0.2, 0.25) is 0 Å². The Morgan fingerprint density at radius 3 is 2.77 bits per heavy atom. The summed E-state index contributed by atoms with van der Waals surface area (Å²) < 4.78 is 53.2. The van der Waals surface area contributed by atoms with Crippen LogP contribution in [0, 0.1) is 5.82 Å². The summed E-state index contributed by atoms with van der Waals surface area (Å²) in [7, 11) is -4.21. The van der Waals surface area contributed by atoms with Gasteiger partial charge in [0.15, 0.2) is 5.76 Å². The quantitative estimate of drug-likeness (QED) is 0.684. The molecule has 1 saturated heterocycles. The first-order valence-electron chi connectivity index (χ1n) is 9.65. The highest BCUT2D eigenvalue weighted by Crippen LogP contribution is 2.35. The summed E-state index contributed by atoms with van der Waals surface area (Å²) in [5.74, 6) is -1.53. The van der Waals surface area contributed by atoms with E-state index in [1.807, 2.05) is 16.5 Å². The fourth-order valence-electron chi connectivity index (χ4n) is 3.80. The molecule has 1 N–H and O–H groups in total. The van der Waals surface area contributed by atoms with E-state index in [-0.39, 0.29) is 33.5 Å². The summed E-state index contributed by atoms with van der Waals surface area (Å²) in [6, 6.07) is 9.03. The van der Waals surface area contributed by atoms with Gasteiger partial charge in [-0.15, -0.1) is 0 Å². The van der Waals surface area contributed by atoms with Crippen molar-refractivity contribution < 1.29 is 26.8 Å². The number of fused-ring (bicyclic) bond motifs is 2. The third-order valence-corrected chi connectivity index (χ3v) is 6.77. The third kappa shape index (κ3) is 3.09. The molecular weight excluding hydrogens is 411 g/mol. The van der Waals surface area contributed by atoms with E-state index < -0.39 is 21.7 Å². The molecule has 1 atom stereocenters. The summed E-state index contributed by atoms with van der Waals surface area (Å²) in [5, 5.41) is 0.125. The third-order valence-electron chi connectivity index (χ3n) is 5.42. The lowest BCUT2D eigenvalue weighted by Gasteiger charge is -2.33. The van der Waals surface area contributed by atoms with E-state index in [2.05, 4.69) is 0 Å². The molecule has 2 aliphatic heterocycles. The first-order chi connectivity index (χ1) is 14.3. The van der Waals surface area contributed by atoms with Gasteiger partial charge in [-0.25, -0.2) is 17.5 Å². The van der Waals surface area contributed by atoms with Crippen LogP contribution in [0.2, 0.25) is 0 Å². The molecule has 5 rings (SSSR count). The highest BCUT2D eigenvalue weighted by Gasteiger charge is 2.30. The predicted octanol–water partition coefficient (Wildman–Crippen LogP) is 3.22.